The van der Waals surface area contributed by atoms with Crippen LogP contribution in [0.2, 0.25) is 0 Å². The number of amides is 2. The molecule has 7 nitrogen and oxygen atoms in total. The second-order valence-corrected chi connectivity index (χ2v) is 7.11. The highest BCUT2D eigenvalue weighted by Crippen LogP contribution is 2.23. The Hall–Kier alpha value is -4.52. The monoisotopic (exact) mass is 423 g/mol. The zero-order chi connectivity index (χ0) is 22.3. The maximum absolute atomic E-state index is 12.7. The van der Waals surface area contributed by atoms with Crippen LogP contribution in [0.5, 0.6) is 0 Å². The van der Waals surface area contributed by atoms with Crippen LogP contribution in [0.4, 0.5) is 22.7 Å². The fraction of sp³-hybridized carbons (Fsp3) is 0.0400. The molecule has 4 rings (SSSR count). The molecule has 0 saturated heterocycles. The van der Waals surface area contributed by atoms with E-state index >= 15 is 0 Å². The molecule has 2 heterocycles. The first-order chi connectivity index (χ1) is 15.6. The molecule has 0 aliphatic heterocycles. The Morgan fingerprint density at radius 3 is 1.72 bits per heavy atom. The minimum absolute atomic E-state index is 0.246. The summed E-state index contributed by atoms with van der Waals surface area (Å²) in [5.74, 6) is -0.500. The zero-order valence-corrected chi connectivity index (χ0v) is 17.4. The standard InChI is InChI=1S/C25H21N5O2/c1-17-16-22(28-20-8-12-26-13-9-20)6-7-23(17)30-25(32)19-4-2-18(3-5-19)24(31)29-21-10-14-27-15-11-21/h2-16H,1H3,(H,26,28)(H,30,32)(H,27,29,31). The van der Waals surface area contributed by atoms with Crippen molar-refractivity contribution in [2.24, 2.45) is 0 Å². The number of aromatic nitrogens is 2. The normalized spacial score (nSPS) is 10.3. The molecule has 32 heavy (non-hydrogen) atoms. The highest BCUT2D eigenvalue weighted by molar-refractivity contribution is 6.07. The van der Waals surface area contributed by atoms with Gasteiger partial charge in [-0.2, -0.15) is 0 Å². The van der Waals surface area contributed by atoms with E-state index in [1.165, 1.54) is 0 Å². The Balaban J connectivity index is 1.39. The number of hydrogen-bond donors (Lipinski definition) is 3. The van der Waals surface area contributed by atoms with Crippen LogP contribution in [0.25, 0.3) is 0 Å². The summed E-state index contributed by atoms with van der Waals surface area (Å²) in [6.07, 6.45) is 6.65. The third kappa shape index (κ3) is 5.14. The molecule has 0 aliphatic rings. The summed E-state index contributed by atoms with van der Waals surface area (Å²) in [6, 6.07) is 19.4. The Labute approximate surface area is 185 Å². The lowest BCUT2D eigenvalue weighted by Gasteiger charge is -2.12. The number of nitrogens with zero attached hydrogens (tertiary/aromatic N) is 2. The van der Waals surface area contributed by atoms with Gasteiger partial charge >= 0.3 is 0 Å². The van der Waals surface area contributed by atoms with Gasteiger partial charge in [0.05, 0.1) is 0 Å². The van der Waals surface area contributed by atoms with Crippen molar-refractivity contribution >= 4 is 34.6 Å². The molecule has 0 unspecified atom stereocenters. The SMILES string of the molecule is Cc1cc(Nc2ccncc2)ccc1NC(=O)c1ccc(C(=O)Nc2ccncc2)cc1. The van der Waals surface area contributed by atoms with Crippen molar-refractivity contribution in [3.8, 4) is 0 Å². The lowest BCUT2D eigenvalue weighted by Crippen LogP contribution is -2.15. The molecule has 7 heteroatoms. The van der Waals surface area contributed by atoms with Gasteiger partial charge < -0.3 is 16.0 Å². The van der Waals surface area contributed by atoms with E-state index in [-0.39, 0.29) is 11.8 Å². The molecule has 0 spiro atoms. The summed E-state index contributed by atoms with van der Waals surface area (Å²) in [4.78, 5) is 32.9. The van der Waals surface area contributed by atoms with Crippen molar-refractivity contribution in [1.82, 2.24) is 9.97 Å². The molecule has 0 aliphatic carbocycles. The molecule has 2 aromatic heterocycles. The first kappa shape index (κ1) is 20.7. The maximum atomic E-state index is 12.7. The molecular formula is C25H21N5O2. The number of nitrogens with one attached hydrogen (secondary N) is 3. The number of carbonyl (C=O) groups excluding carboxylic acids is 2. The molecule has 158 valence electrons. The average Bonchev–Trinajstić information content (AvgIpc) is 2.82. The topological polar surface area (TPSA) is 96.0 Å². The number of anilines is 4. The van der Waals surface area contributed by atoms with Gasteiger partial charge in [-0.25, -0.2) is 0 Å². The van der Waals surface area contributed by atoms with E-state index in [0.29, 0.717) is 16.8 Å². The number of hydrogen-bond acceptors (Lipinski definition) is 5. The fourth-order valence-corrected chi connectivity index (χ4v) is 3.09. The zero-order valence-electron chi connectivity index (χ0n) is 17.4. The first-order valence-corrected chi connectivity index (χ1v) is 9.99. The Morgan fingerprint density at radius 1 is 0.625 bits per heavy atom. The largest absolute Gasteiger partial charge is 0.355 e. The number of benzene rings is 2. The Bertz CT molecular complexity index is 1230. The van der Waals surface area contributed by atoms with Crippen LogP contribution in [0.15, 0.2) is 91.5 Å². The molecule has 3 N–H and O–H groups in total. The first-order valence-electron chi connectivity index (χ1n) is 9.99. The van der Waals surface area contributed by atoms with Crippen molar-refractivity contribution in [1.29, 1.82) is 0 Å². The van der Waals surface area contributed by atoms with E-state index in [1.807, 2.05) is 37.3 Å². The van der Waals surface area contributed by atoms with Crippen LogP contribution in [0.3, 0.4) is 0 Å². The molecule has 2 aromatic carbocycles. The minimum Gasteiger partial charge on any atom is -0.355 e. The van der Waals surface area contributed by atoms with E-state index in [4.69, 9.17) is 0 Å². The van der Waals surface area contributed by atoms with Crippen molar-refractivity contribution < 1.29 is 9.59 Å². The van der Waals surface area contributed by atoms with E-state index in [9.17, 15) is 9.59 Å². The molecule has 0 saturated carbocycles. The molecule has 2 amide bonds. The van der Waals surface area contributed by atoms with Crippen LogP contribution in [-0.4, -0.2) is 21.8 Å². The van der Waals surface area contributed by atoms with Gasteiger partial charge in [0.15, 0.2) is 0 Å². The summed E-state index contributed by atoms with van der Waals surface area (Å²) in [5, 5.41) is 9.01. The van der Waals surface area contributed by atoms with Gasteiger partial charge in [-0.1, -0.05) is 0 Å². The summed E-state index contributed by atoms with van der Waals surface area (Å²) < 4.78 is 0. The van der Waals surface area contributed by atoms with Gasteiger partial charge in [0.25, 0.3) is 11.8 Å². The van der Waals surface area contributed by atoms with Gasteiger partial charge in [-0.15, -0.1) is 0 Å². The second-order valence-electron chi connectivity index (χ2n) is 7.11. The molecule has 0 radical (unpaired) electrons. The fourth-order valence-electron chi connectivity index (χ4n) is 3.09. The van der Waals surface area contributed by atoms with Crippen molar-refractivity contribution in [3.63, 3.8) is 0 Å². The van der Waals surface area contributed by atoms with Gasteiger partial charge in [0, 0.05) is 58.7 Å². The summed E-state index contributed by atoms with van der Waals surface area (Å²) in [7, 11) is 0. The predicted molar refractivity (Wildman–Crippen MR) is 125 cm³/mol. The summed E-state index contributed by atoms with van der Waals surface area (Å²) in [6.45, 7) is 1.93. The van der Waals surface area contributed by atoms with Crippen LogP contribution in [0, 0.1) is 6.92 Å². The van der Waals surface area contributed by atoms with Crippen LogP contribution in [0.1, 0.15) is 26.3 Å². The van der Waals surface area contributed by atoms with Crippen molar-refractivity contribution in [2.75, 3.05) is 16.0 Å². The van der Waals surface area contributed by atoms with Crippen LogP contribution in [-0.2, 0) is 0 Å². The Morgan fingerprint density at radius 2 is 1.16 bits per heavy atom. The average molecular weight is 423 g/mol. The number of aryl methyl sites for hydroxylation is 1. The lowest BCUT2D eigenvalue weighted by atomic mass is 10.1. The minimum atomic E-state index is -0.253. The van der Waals surface area contributed by atoms with E-state index in [2.05, 4.69) is 25.9 Å². The molecule has 0 atom stereocenters. The van der Waals surface area contributed by atoms with Gasteiger partial charge in [0.1, 0.15) is 0 Å². The third-order valence-electron chi connectivity index (χ3n) is 4.79. The molecular weight excluding hydrogens is 402 g/mol. The van der Waals surface area contributed by atoms with Crippen molar-refractivity contribution in [3.05, 3.63) is 108 Å². The predicted octanol–water partition coefficient (Wildman–Crippen LogP) is 5.03. The molecule has 0 bridgehead atoms. The molecule has 0 fully saturated rings. The lowest BCUT2D eigenvalue weighted by molar-refractivity contribution is 0.101. The maximum Gasteiger partial charge on any atom is 0.255 e. The summed E-state index contributed by atoms with van der Waals surface area (Å²) in [5.41, 5.74) is 5.06. The van der Waals surface area contributed by atoms with E-state index < -0.39 is 0 Å². The highest BCUT2D eigenvalue weighted by atomic mass is 16.2. The van der Waals surface area contributed by atoms with Crippen LogP contribution >= 0.6 is 0 Å². The van der Waals surface area contributed by atoms with Crippen molar-refractivity contribution in [2.45, 2.75) is 6.92 Å². The van der Waals surface area contributed by atoms with E-state index in [0.717, 1.165) is 22.6 Å². The van der Waals surface area contributed by atoms with Crippen LogP contribution < -0.4 is 16.0 Å². The smallest absolute Gasteiger partial charge is 0.255 e. The number of pyridine rings is 2. The number of rotatable bonds is 6. The van der Waals surface area contributed by atoms with Gasteiger partial charge in [-0.3, -0.25) is 19.6 Å². The summed E-state index contributed by atoms with van der Waals surface area (Å²) >= 11 is 0. The highest BCUT2D eigenvalue weighted by Gasteiger charge is 2.11. The van der Waals surface area contributed by atoms with E-state index in [1.54, 1.807) is 61.2 Å². The Kier molecular flexibility index (Phi) is 6.17. The third-order valence-corrected chi connectivity index (χ3v) is 4.79. The van der Waals surface area contributed by atoms with Gasteiger partial charge in [0.2, 0.25) is 0 Å². The second kappa shape index (κ2) is 9.53. The molecule has 4 aromatic rings. The van der Waals surface area contributed by atoms with Gasteiger partial charge in [-0.05, 0) is 79.2 Å². The quantitative estimate of drug-likeness (QED) is 0.404. The number of carbonyl (C=O) groups is 2.